The van der Waals surface area contributed by atoms with Crippen molar-refractivity contribution in [3.63, 3.8) is 0 Å². The summed E-state index contributed by atoms with van der Waals surface area (Å²) in [5.74, 6) is -2.47. The van der Waals surface area contributed by atoms with E-state index in [2.05, 4.69) is 10.6 Å². The van der Waals surface area contributed by atoms with Crippen LogP contribution in [0.4, 0.5) is 19.7 Å². The second kappa shape index (κ2) is 6.63. The molecule has 8 nitrogen and oxygen atoms in total. The fourth-order valence-corrected chi connectivity index (χ4v) is 2.53. The van der Waals surface area contributed by atoms with E-state index < -0.39 is 35.2 Å². The number of benzene rings is 2. The first-order valence-electron chi connectivity index (χ1n) is 7.49. The van der Waals surface area contributed by atoms with E-state index in [0.717, 1.165) is 12.1 Å². The molecule has 26 heavy (non-hydrogen) atoms. The number of urea groups is 2. The Kier molecular flexibility index (Phi) is 4.36. The minimum absolute atomic E-state index is 0.164. The van der Waals surface area contributed by atoms with Gasteiger partial charge in [-0.3, -0.25) is 20.2 Å². The number of hydrogen-bond donors (Lipinski definition) is 4. The molecule has 1 aliphatic rings. The number of amides is 6. The summed E-state index contributed by atoms with van der Waals surface area (Å²) >= 11 is 0. The van der Waals surface area contributed by atoms with E-state index in [-0.39, 0.29) is 11.3 Å². The average molecular weight is 356 g/mol. The monoisotopic (exact) mass is 356 g/mol. The Morgan fingerprint density at radius 3 is 2.04 bits per heavy atom. The van der Waals surface area contributed by atoms with Crippen LogP contribution in [-0.4, -0.2) is 23.9 Å². The molecule has 6 amide bonds. The van der Waals surface area contributed by atoms with E-state index >= 15 is 0 Å². The van der Waals surface area contributed by atoms with Crippen LogP contribution in [0.15, 0.2) is 54.6 Å². The summed E-state index contributed by atoms with van der Waals surface area (Å²) in [5, 5.41) is 8.66. The Balaban J connectivity index is 1.93. The lowest BCUT2D eigenvalue weighted by molar-refractivity contribution is -0.139. The van der Waals surface area contributed by atoms with Crippen molar-refractivity contribution in [2.75, 3.05) is 5.32 Å². The van der Waals surface area contributed by atoms with Crippen molar-refractivity contribution in [2.24, 2.45) is 0 Å². The molecule has 3 rings (SSSR count). The van der Waals surface area contributed by atoms with Crippen molar-refractivity contribution in [3.8, 4) is 0 Å². The Morgan fingerprint density at radius 2 is 1.46 bits per heavy atom. The van der Waals surface area contributed by atoms with Crippen molar-refractivity contribution in [1.29, 1.82) is 0 Å². The van der Waals surface area contributed by atoms with Gasteiger partial charge in [0.1, 0.15) is 5.82 Å². The zero-order chi connectivity index (χ0) is 18.7. The molecular formula is C17H13FN4O4. The van der Waals surface area contributed by atoms with Crippen molar-refractivity contribution in [1.82, 2.24) is 16.0 Å². The normalized spacial score (nSPS) is 15.7. The van der Waals surface area contributed by atoms with Gasteiger partial charge in [0.15, 0.2) is 0 Å². The zero-order valence-electron chi connectivity index (χ0n) is 13.2. The van der Waals surface area contributed by atoms with Gasteiger partial charge in [-0.15, -0.1) is 0 Å². The van der Waals surface area contributed by atoms with E-state index in [1.165, 1.54) is 24.3 Å². The standard InChI is InChI=1S/C17H13FN4O4/c18-11-6-8-12(9-7-11)19-16(26)22-17(10-4-2-1-3-5-10)13(23)20-15(25)21-14(17)24/h1-9H,(H2,19,22,26)(H2,20,21,23,24,25). The molecule has 1 fully saturated rings. The van der Waals surface area contributed by atoms with Gasteiger partial charge in [-0.05, 0) is 29.8 Å². The number of hydrogen-bond acceptors (Lipinski definition) is 4. The van der Waals surface area contributed by atoms with Gasteiger partial charge in [-0.2, -0.15) is 0 Å². The van der Waals surface area contributed by atoms with Crippen molar-refractivity contribution in [2.45, 2.75) is 5.54 Å². The number of nitrogens with one attached hydrogen (secondary N) is 4. The molecule has 1 saturated heterocycles. The lowest BCUT2D eigenvalue weighted by atomic mass is 9.86. The molecule has 132 valence electrons. The van der Waals surface area contributed by atoms with Gasteiger partial charge >= 0.3 is 12.1 Å². The third-order valence-electron chi connectivity index (χ3n) is 3.75. The minimum Gasteiger partial charge on any atom is -0.312 e. The molecule has 2 aromatic rings. The summed E-state index contributed by atoms with van der Waals surface area (Å²) in [4.78, 5) is 48.7. The third kappa shape index (κ3) is 3.09. The van der Waals surface area contributed by atoms with Crippen LogP contribution in [0.25, 0.3) is 0 Å². The van der Waals surface area contributed by atoms with E-state index in [1.54, 1.807) is 18.2 Å². The van der Waals surface area contributed by atoms with Crippen LogP contribution in [0.2, 0.25) is 0 Å². The average Bonchev–Trinajstić information content (AvgIpc) is 2.61. The van der Waals surface area contributed by atoms with Gasteiger partial charge in [0.2, 0.25) is 5.54 Å². The quantitative estimate of drug-likeness (QED) is 0.619. The van der Waals surface area contributed by atoms with E-state index in [9.17, 15) is 23.6 Å². The predicted octanol–water partition coefficient (Wildman–Crippen LogP) is 1.21. The number of halogens is 1. The molecule has 4 N–H and O–H groups in total. The highest BCUT2D eigenvalue weighted by Gasteiger charge is 2.53. The molecule has 0 bridgehead atoms. The van der Waals surface area contributed by atoms with Crippen molar-refractivity contribution >= 4 is 29.6 Å². The van der Waals surface area contributed by atoms with Crippen LogP contribution < -0.4 is 21.3 Å². The summed E-state index contributed by atoms with van der Waals surface area (Å²) in [6, 6.07) is 10.8. The SMILES string of the molecule is O=C1NC(=O)C(NC(=O)Nc2ccc(F)cc2)(c2ccccc2)C(=O)N1. The molecule has 0 aromatic heterocycles. The van der Waals surface area contributed by atoms with Crippen LogP contribution in [0.3, 0.4) is 0 Å². The van der Waals surface area contributed by atoms with Gasteiger partial charge in [-0.25, -0.2) is 14.0 Å². The highest BCUT2D eigenvalue weighted by Crippen LogP contribution is 2.24. The van der Waals surface area contributed by atoms with E-state index in [1.807, 2.05) is 10.6 Å². The summed E-state index contributed by atoms with van der Waals surface area (Å²) in [7, 11) is 0. The molecule has 0 radical (unpaired) electrons. The van der Waals surface area contributed by atoms with Crippen LogP contribution in [0, 0.1) is 5.82 Å². The molecular weight excluding hydrogens is 343 g/mol. The first-order valence-corrected chi connectivity index (χ1v) is 7.49. The van der Waals surface area contributed by atoms with E-state index in [0.29, 0.717) is 0 Å². The molecule has 9 heteroatoms. The summed E-state index contributed by atoms with van der Waals surface area (Å²) in [6.07, 6.45) is 0. The maximum Gasteiger partial charge on any atom is 0.328 e. The second-order valence-electron chi connectivity index (χ2n) is 5.44. The second-order valence-corrected chi connectivity index (χ2v) is 5.44. The molecule has 0 atom stereocenters. The number of barbiturate groups is 1. The third-order valence-corrected chi connectivity index (χ3v) is 3.75. The summed E-state index contributed by atoms with van der Waals surface area (Å²) < 4.78 is 13.0. The lowest BCUT2D eigenvalue weighted by Crippen LogP contribution is -2.71. The first-order chi connectivity index (χ1) is 12.4. The molecule has 1 aliphatic heterocycles. The Hall–Kier alpha value is -3.75. The largest absolute Gasteiger partial charge is 0.328 e. The number of anilines is 1. The maximum atomic E-state index is 13.0. The fraction of sp³-hybridized carbons (Fsp3) is 0.0588. The Labute approximate surface area is 146 Å². The zero-order valence-corrected chi connectivity index (χ0v) is 13.2. The van der Waals surface area contributed by atoms with Gasteiger partial charge in [0, 0.05) is 5.69 Å². The van der Waals surface area contributed by atoms with Crippen LogP contribution in [0.5, 0.6) is 0 Å². The highest BCUT2D eigenvalue weighted by atomic mass is 19.1. The number of carbonyl (C=O) groups excluding carboxylic acids is 4. The van der Waals surface area contributed by atoms with E-state index in [4.69, 9.17) is 0 Å². The first kappa shape index (κ1) is 17.1. The maximum absolute atomic E-state index is 13.0. The number of rotatable bonds is 3. The topological polar surface area (TPSA) is 116 Å². The Morgan fingerprint density at radius 1 is 0.885 bits per heavy atom. The van der Waals surface area contributed by atoms with Crippen molar-refractivity contribution < 1.29 is 23.6 Å². The molecule has 0 unspecified atom stereocenters. The van der Waals surface area contributed by atoms with Crippen molar-refractivity contribution in [3.05, 3.63) is 66.0 Å². The van der Waals surface area contributed by atoms with Crippen LogP contribution in [0.1, 0.15) is 5.56 Å². The molecule has 2 aromatic carbocycles. The van der Waals surface area contributed by atoms with Crippen LogP contribution in [-0.2, 0) is 15.1 Å². The molecule has 0 aliphatic carbocycles. The number of imide groups is 2. The molecule has 0 saturated carbocycles. The summed E-state index contributed by atoms with van der Waals surface area (Å²) in [6.45, 7) is 0. The van der Waals surface area contributed by atoms with Gasteiger partial charge < -0.3 is 10.6 Å². The molecule has 1 heterocycles. The van der Waals surface area contributed by atoms with Gasteiger partial charge in [-0.1, -0.05) is 30.3 Å². The smallest absolute Gasteiger partial charge is 0.312 e. The fourth-order valence-electron chi connectivity index (χ4n) is 2.53. The summed E-state index contributed by atoms with van der Waals surface area (Å²) in [5.41, 5.74) is -1.73. The molecule has 0 spiro atoms. The van der Waals surface area contributed by atoms with Gasteiger partial charge in [0.05, 0.1) is 0 Å². The minimum atomic E-state index is -2.14. The Bertz CT molecular complexity index is 863. The highest BCUT2D eigenvalue weighted by molar-refractivity contribution is 6.24. The predicted molar refractivity (Wildman–Crippen MR) is 88.4 cm³/mol. The number of carbonyl (C=O) groups is 4. The van der Waals surface area contributed by atoms with Crippen LogP contribution >= 0.6 is 0 Å². The lowest BCUT2D eigenvalue weighted by Gasteiger charge is -2.34. The van der Waals surface area contributed by atoms with Gasteiger partial charge in [0.25, 0.3) is 11.8 Å².